The molecule has 0 saturated carbocycles. The lowest BCUT2D eigenvalue weighted by atomic mass is 10.2. The Bertz CT molecular complexity index is 907. The summed E-state index contributed by atoms with van der Waals surface area (Å²) in [5.74, 6) is -0.390. The van der Waals surface area contributed by atoms with Gasteiger partial charge in [-0.2, -0.15) is 5.10 Å². The van der Waals surface area contributed by atoms with E-state index >= 15 is 0 Å². The van der Waals surface area contributed by atoms with Gasteiger partial charge in [-0.05, 0) is 25.1 Å². The number of benzene rings is 1. The molecule has 9 nitrogen and oxygen atoms in total. The number of carbonyl (C=O) groups excluding carboxylic acids is 2. The van der Waals surface area contributed by atoms with E-state index in [1.54, 1.807) is 6.07 Å². The van der Waals surface area contributed by atoms with E-state index in [2.05, 4.69) is 37.1 Å². The number of piperazine rings is 1. The first-order chi connectivity index (χ1) is 14.0. The SMILES string of the molecule is COC(=O)[C@H](C)NC(=O)Cn1nc(N2CCN(c3ccccc3)CC2)ccc1=O. The molecule has 2 heterocycles. The molecule has 0 aliphatic carbocycles. The molecule has 2 aromatic rings. The Morgan fingerprint density at radius 1 is 1.07 bits per heavy atom. The molecular weight excluding hydrogens is 374 g/mol. The molecule has 1 fully saturated rings. The van der Waals surface area contributed by atoms with E-state index in [-0.39, 0.29) is 12.1 Å². The van der Waals surface area contributed by atoms with Crippen LogP contribution in [0.5, 0.6) is 0 Å². The van der Waals surface area contributed by atoms with Gasteiger partial charge in [-0.1, -0.05) is 18.2 Å². The Kier molecular flexibility index (Phi) is 6.48. The summed E-state index contributed by atoms with van der Waals surface area (Å²) in [7, 11) is 1.25. The van der Waals surface area contributed by atoms with E-state index in [0.717, 1.165) is 30.9 Å². The van der Waals surface area contributed by atoms with Gasteiger partial charge in [0.15, 0.2) is 0 Å². The number of carbonyl (C=O) groups is 2. The summed E-state index contributed by atoms with van der Waals surface area (Å²) in [4.78, 5) is 40.1. The Morgan fingerprint density at radius 2 is 1.72 bits per heavy atom. The van der Waals surface area contributed by atoms with Crippen molar-refractivity contribution in [1.29, 1.82) is 0 Å². The van der Waals surface area contributed by atoms with E-state index in [4.69, 9.17) is 0 Å². The summed E-state index contributed by atoms with van der Waals surface area (Å²) in [6, 6.07) is 12.5. The number of anilines is 2. The molecule has 1 aliphatic rings. The molecule has 1 amide bonds. The summed E-state index contributed by atoms with van der Waals surface area (Å²) in [5, 5.41) is 6.84. The van der Waals surface area contributed by atoms with Gasteiger partial charge in [0.25, 0.3) is 5.56 Å². The molecule has 1 saturated heterocycles. The second kappa shape index (κ2) is 9.22. The molecule has 1 N–H and O–H groups in total. The average molecular weight is 399 g/mol. The number of ether oxygens (including phenoxy) is 1. The number of nitrogens with zero attached hydrogens (tertiary/aromatic N) is 4. The van der Waals surface area contributed by atoms with Crippen LogP contribution in [0.2, 0.25) is 0 Å². The largest absolute Gasteiger partial charge is 0.467 e. The lowest BCUT2D eigenvalue weighted by Crippen LogP contribution is -2.47. The lowest BCUT2D eigenvalue weighted by molar-refractivity contribution is -0.144. The second-order valence-corrected chi connectivity index (χ2v) is 6.81. The van der Waals surface area contributed by atoms with Crippen LogP contribution in [0.3, 0.4) is 0 Å². The maximum Gasteiger partial charge on any atom is 0.328 e. The van der Waals surface area contributed by atoms with Crippen LogP contribution in [-0.2, 0) is 20.9 Å². The molecule has 29 heavy (non-hydrogen) atoms. The van der Waals surface area contributed by atoms with Crippen LogP contribution < -0.4 is 20.7 Å². The zero-order chi connectivity index (χ0) is 20.8. The van der Waals surface area contributed by atoms with Crippen molar-refractivity contribution in [2.24, 2.45) is 0 Å². The second-order valence-electron chi connectivity index (χ2n) is 6.81. The third-order valence-corrected chi connectivity index (χ3v) is 4.80. The maximum absolute atomic E-state index is 12.1. The summed E-state index contributed by atoms with van der Waals surface area (Å²) < 4.78 is 5.69. The van der Waals surface area contributed by atoms with Crippen molar-refractivity contribution in [2.75, 3.05) is 43.1 Å². The highest BCUT2D eigenvalue weighted by Gasteiger charge is 2.20. The smallest absolute Gasteiger partial charge is 0.328 e. The summed E-state index contributed by atoms with van der Waals surface area (Å²) in [6.07, 6.45) is 0. The van der Waals surface area contributed by atoms with Crippen LogP contribution in [0.1, 0.15) is 6.92 Å². The summed E-state index contributed by atoms with van der Waals surface area (Å²) in [5.41, 5.74) is 0.805. The third-order valence-electron chi connectivity index (χ3n) is 4.80. The van der Waals surface area contributed by atoms with Crippen molar-refractivity contribution in [3.05, 3.63) is 52.8 Å². The van der Waals surface area contributed by atoms with E-state index in [0.29, 0.717) is 5.82 Å². The van der Waals surface area contributed by atoms with E-state index in [9.17, 15) is 14.4 Å². The standard InChI is InChI=1S/C20H25N5O4/c1-15(20(28)29-2)21-18(26)14-25-19(27)9-8-17(22-25)24-12-10-23(11-13-24)16-6-4-3-5-7-16/h3-9,15H,10-14H2,1-2H3,(H,21,26)/t15-/m0/s1. The topological polar surface area (TPSA) is 96.8 Å². The number of rotatable bonds is 6. The first-order valence-corrected chi connectivity index (χ1v) is 9.48. The molecule has 3 rings (SSSR count). The van der Waals surface area contributed by atoms with Gasteiger partial charge in [-0.25, -0.2) is 9.48 Å². The van der Waals surface area contributed by atoms with Crippen molar-refractivity contribution in [3.8, 4) is 0 Å². The zero-order valence-corrected chi connectivity index (χ0v) is 16.6. The van der Waals surface area contributed by atoms with E-state index < -0.39 is 17.9 Å². The molecule has 9 heteroatoms. The van der Waals surface area contributed by atoms with Gasteiger partial charge in [0.2, 0.25) is 5.91 Å². The molecule has 1 aliphatic heterocycles. The highest BCUT2D eigenvalue weighted by Crippen LogP contribution is 2.18. The van der Waals surface area contributed by atoms with Crippen LogP contribution in [-0.4, -0.2) is 61.0 Å². The van der Waals surface area contributed by atoms with Gasteiger partial charge in [0.1, 0.15) is 18.4 Å². The van der Waals surface area contributed by atoms with Gasteiger partial charge in [0, 0.05) is 37.9 Å². The Balaban J connectivity index is 1.63. The van der Waals surface area contributed by atoms with Gasteiger partial charge >= 0.3 is 5.97 Å². The lowest BCUT2D eigenvalue weighted by Gasteiger charge is -2.36. The summed E-state index contributed by atoms with van der Waals surface area (Å²) in [6.45, 7) is 4.43. The van der Waals surface area contributed by atoms with Gasteiger partial charge in [0.05, 0.1) is 7.11 Å². The third kappa shape index (κ3) is 5.13. The quantitative estimate of drug-likeness (QED) is 0.696. The Morgan fingerprint density at radius 3 is 2.38 bits per heavy atom. The molecule has 1 aromatic carbocycles. The van der Waals surface area contributed by atoms with Gasteiger partial charge < -0.3 is 19.9 Å². The Labute approximate surface area is 168 Å². The van der Waals surface area contributed by atoms with E-state index in [1.165, 1.54) is 25.8 Å². The molecule has 0 bridgehead atoms. The minimum Gasteiger partial charge on any atom is -0.467 e. The van der Waals surface area contributed by atoms with Crippen molar-refractivity contribution in [1.82, 2.24) is 15.1 Å². The fourth-order valence-electron chi connectivity index (χ4n) is 3.21. The molecule has 0 unspecified atom stereocenters. The van der Waals surface area contributed by atoms with Crippen molar-refractivity contribution >= 4 is 23.4 Å². The highest BCUT2D eigenvalue weighted by atomic mass is 16.5. The van der Waals surface area contributed by atoms with Crippen molar-refractivity contribution in [2.45, 2.75) is 19.5 Å². The van der Waals surface area contributed by atoms with Gasteiger partial charge in [-0.15, -0.1) is 0 Å². The Hall–Kier alpha value is -3.36. The van der Waals surface area contributed by atoms with Crippen LogP contribution >= 0.6 is 0 Å². The molecular formula is C20H25N5O4. The fourth-order valence-corrected chi connectivity index (χ4v) is 3.21. The van der Waals surface area contributed by atoms with Crippen LogP contribution in [0.15, 0.2) is 47.3 Å². The summed E-state index contributed by atoms with van der Waals surface area (Å²) >= 11 is 0. The van der Waals surface area contributed by atoms with Gasteiger partial charge in [-0.3, -0.25) is 9.59 Å². The number of hydrogen-bond acceptors (Lipinski definition) is 7. The van der Waals surface area contributed by atoms with E-state index in [1.807, 2.05) is 18.2 Å². The monoisotopic (exact) mass is 399 g/mol. The van der Waals surface area contributed by atoms with Crippen molar-refractivity contribution < 1.29 is 14.3 Å². The number of methoxy groups -OCH3 is 1. The number of esters is 1. The average Bonchev–Trinajstić information content (AvgIpc) is 2.75. The number of para-hydroxylation sites is 1. The fraction of sp³-hybridized carbons (Fsp3) is 0.400. The van der Waals surface area contributed by atoms with Crippen LogP contribution in [0.4, 0.5) is 11.5 Å². The normalized spacial score (nSPS) is 15.0. The first-order valence-electron chi connectivity index (χ1n) is 9.48. The first kappa shape index (κ1) is 20.4. The van der Waals surface area contributed by atoms with Crippen LogP contribution in [0.25, 0.3) is 0 Å². The number of hydrogen-bond donors (Lipinski definition) is 1. The molecule has 154 valence electrons. The predicted octanol–water partition coefficient (Wildman–Crippen LogP) is 0.248. The molecule has 1 aromatic heterocycles. The zero-order valence-electron chi connectivity index (χ0n) is 16.6. The molecule has 0 radical (unpaired) electrons. The van der Waals surface area contributed by atoms with Crippen molar-refractivity contribution in [3.63, 3.8) is 0 Å². The van der Waals surface area contributed by atoms with Crippen LogP contribution in [0, 0.1) is 0 Å². The number of amides is 1. The molecule has 0 spiro atoms. The predicted molar refractivity (Wildman–Crippen MR) is 109 cm³/mol. The molecule has 1 atom stereocenters. The minimum atomic E-state index is -0.794. The highest BCUT2D eigenvalue weighted by molar-refractivity contribution is 5.83. The number of nitrogens with one attached hydrogen (secondary N) is 1. The minimum absolute atomic E-state index is 0.266. The maximum atomic E-state index is 12.1. The number of aromatic nitrogens is 2.